The summed E-state index contributed by atoms with van der Waals surface area (Å²) >= 11 is 0. The Morgan fingerprint density at radius 2 is 1.52 bits per heavy atom. The van der Waals surface area contributed by atoms with Gasteiger partial charge in [0.15, 0.2) is 17.3 Å². The first-order valence-electron chi connectivity index (χ1n) is 10.3. The van der Waals surface area contributed by atoms with Crippen LogP contribution in [0.2, 0.25) is 0 Å². The number of nitrogens with one attached hydrogen (secondary N) is 2. The van der Waals surface area contributed by atoms with Gasteiger partial charge in [-0.15, -0.1) is 0 Å². The number of ketones is 1. The molecule has 0 saturated carbocycles. The number of ether oxygens (including phenoxy) is 2. The predicted molar refractivity (Wildman–Crippen MR) is 124 cm³/mol. The molecule has 1 aliphatic heterocycles. The Kier molecular flexibility index (Phi) is 6.22. The molecule has 0 radical (unpaired) electrons. The molecule has 3 aromatic rings. The number of benzene rings is 3. The van der Waals surface area contributed by atoms with Crippen molar-refractivity contribution >= 4 is 29.4 Å². The quantitative estimate of drug-likeness (QED) is 0.438. The smallest absolute Gasteiger partial charge is 0.272 e. The third kappa shape index (κ3) is 5.27. The van der Waals surface area contributed by atoms with Crippen LogP contribution >= 0.6 is 0 Å². The van der Waals surface area contributed by atoms with Crippen LogP contribution in [0.5, 0.6) is 11.5 Å². The number of carbonyl (C=O) groups excluding carboxylic acids is 3. The van der Waals surface area contributed by atoms with Gasteiger partial charge >= 0.3 is 0 Å². The zero-order valence-electron chi connectivity index (χ0n) is 18.2. The van der Waals surface area contributed by atoms with E-state index in [1.165, 1.54) is 6.92 Å². The Hall–Kier alpha value is -4.39. The number of amides is 2. The summed E-state index contributed by atoms with van der Waals surface area (Å²) in [5.74, 6) is 0.190. The summed E-state index contributed by atoms with van der Waals surface area (Å²) in [5, 5.41) is 5.46. The minimum Gasteiger partial charge on any atom is -0.454 e. The molecule has 3 aromatic carbocycles. The standard InChI is InChI=1S/C26H22N2O5/c1-16-3-6-20(7-4-16)25(30)28-22(13-18-5-12-23-24(14-18)33-15-32-23)26(31)27-21-10-8-19(9-11-21)17(2)29/h3-14H,15H2,1-2H3,(H,27,31)(H,28,30)/b22-13-. The Bertz CT molecular complexity index is 1240. The summed E-state index contributed by atoms with van der Waals surface area (Å²) in [5.41, 5.74) is 3.18. The van der Waals surface area contributed by atoms with Crippen LogP contribution < -0.4 is 20.1 Å². The maximum Gasteiger partial charge on any atom is 0.272 e. The summed E-state index contributed by atoms with van der Waals surface area (Å²) < 4.78 is 10.7. The Morgan fingerprint density at radius 3 is 2.21 bits per heavy atom. The van der Waals surface area contributed by atoms with E-state index in [2.05, 4.69) is 10.6 Å². The molecule has 0 aliphatic carbocycles. The Labute approximate surface area is 191 Å². The predicted octanol–water partition coefficient (Wildman–Crippen LogP) is 4.34. The van der Waals surface area contributed by atoms with Gasteiger partial charge < -0.3 is 20.1 Å². The molecule has 0 unspecified atom stereocenters. The molecular weight excluding hydrogens is 420 g/mol. The molecule has 1 aliphatic rings. The van der Waals surface area contributed by atoms with E-state index in [1.807, 2.05) is 19.1 Å². The van der Waals surface area contributed by atoms with Crippen LogP contribution in [0, 0.1) is 6.92 Å². The van der Waals surface area contributed by atoms with Crippen molar-refractivity contribution in [2.75, 3.05) is 12.1 Å². The summed E-state index contributed by atoms with van der Waals surface area (Å²) in [7, 11) is 0. The fourth-order valence-electron chi connectivity index (χ4n) is 3.21. The lowest BCUT2D eigenvalue weighted by Crippen LogP contribution is -2.30. The van der Waals surface area contributed by atoms with Crippen LogP contribution in [0.15, 0.2) is 72.4 Å². The van der Waals surface area contributed by atoms with Gasteiger partial charge in [0.1, 0.15) is 5.70 Å². The van der Waals surface area contributed by atoms with Crippen molar-refractivity contribution in [2.45, 2.75) is 13.8 Å². The van der Waals surface area contributed by atoms with Gasteiger partial charge in [-0.2, -0.15) is 0 Å². The number of fused-ring (bicyclic) bond motifs is 1. The van der Waals surface area contributed by atoms with Gasteiger partial charge in [0.2, 0.25) is 6.79 Å². The van der Waals surface area contributed by atoms with Crippen LogP contribution in [0.4, 0.5) is 5.69 Å². The van der Waals surface area contributed by atoms with Gasteiger partial charge in [-0.05, 0) is 74.0 Å². The molecule has 0 spiro atoms. The molecule has 2 N–H and O–H groups in total. The maximum absolute atomic E-state index is 13.1. The van der Waals surface area contributed by atoms with Gasteiger partial charge in [0.05, 0.1) is 0 Å². The van der Waals surface area contributed by atoms with E-state index in [1.54, 1.807) is 60.7 Å². The van der Waals surface area contributed by atoms with Crippen molar-refractivity contribution in [3.8, 4) is 11.5 Å². The van der Waals surface area contributed by atoms with Gasteiger partial charge in [-0.25, -0.2) is 0 Å². The van der Waals surface area contributed by atoms with Gasteiger partial charge in [-0.3, -0.25) is 14.4 Å². The summed E-state index contributed by atoms with van der Waals surface area (Å²) in [6.07, 6.45) is 1.56. The Balaban J connectivity index is 1.61. The number of anilines is 1. The van der Waals surface area contributed by atoms with Crippen LogP contribution in [-0.4, -0.2) is 24.4 Å². The van der Waals surface area contributed by atoms with E-state index in [0.717, 1.165) is 5.56 Å². The van der Waals surface area contributed by atoms with Crippen molar-refractivity contribution in [3.05, 3.63) is 94.7 Å². The van der Waals surface area contributed by atoms with E-state index >= 15 is 0 Å². The van der Waals surface area contributed by atoms with E-state index in [-0.39, 0.29) is 18.3 Å². The minimum absolute atomic E-state index is 0.0510. The van der Waals surface area contributed by atoms with Gasteiger partial charge in [0.25, 0.3) is 11.8 Å². The fourth-order valence-corrected chi connectivity index (χ4v) is 3.21. The van der Waals surface area contributed by atoms with E-state index in [9.17, 15) is 14.4 Å². The highest BCUT2D eigenvalue weighted by Gasteiger charge is 2.17. The zero-order valence-corrected chi connectivity index (χ0v) is 18.2. The molecule has 33 heavy (non-hydrogen) atoms. The zero-order chi connectivity index (χ0) is 23.4. The minimum atomic E-state index is -0.510. The molecule has 1 heterocycles. The van der Waals surface area contributed by atoms with Crippen LogP contribution in [0.25, 0.3) is 6.08 Å². The molecule has 0 aromatic heterocycles. The number of aryl methyl sites for hydroxylation is 1. The lowest BCUT2D eigenvalue weighted by Gasteiger charge is -2.12. The first kappa shape index (κ1) is 21.8. The third-order valence-corrected chi connectivity index (χ3v) is 5.06. The first-order chi connectivity index (χ1) is 15.9. The summed E-state index contributed by atoms with van der Waals surface area (Å²) in [6.45, 7) is 3.54. The lowest BCUT2D eigenvalue weighted by molar-refractivity contribution is -0.113. The molecule has 2 amide bonds. The Morgan fingerprint density at radius 1 is 0.848 bits per heavy atom. The van der Waals surface area contributed by atoms with E-state index in [0.29, 0.717) is 33.9 Å². The van der Waals surface area contributed by atoms with Crippen molar-refractivity contribution in [1.82, 2.24) is 5.32 Å². The summed E-state index contributed by atoms with van der Waals surface area (Å²) in [4.78, 5) is 37.4. The SMILES string of the molecule is CC(=O)c1ccc(NC(=O)/C(=C/c2ccc3c(c2)OCO3)NC(=O)c2ccc(C)cc2)cc1. The normalized spacial score (nSPS) is 12.2. The highest BCUT2D eigenvalue weighted by atomic mass is 16.7. The summed E-state index contributed by atoms with van der Waals surface area (Å²) in [6, 6.07) is 18.8. The molecule has 0 bridgehead atoms. The molecule has 0 atom stereocenters. The van der Waals surface area contributed by atoms with Crippen molar-refractivity contribution in [3.63, 3.8) is 0 Å². The molecular formula is C26H22N2O5. The third-order valence-electron chi connectivity index (χ3n) is 5.06. The fraction of sp³-hybridized carbons (Fsp3) is 0.115. The number of Topliss-reactive ketones (excluding diaryl/α,β-unsaturated/α-hetero) is 1. The van der Waals surface area contributed by atoms with Gasteiger partial charge in [0, 0.05) is 16.8 Å². The number of hydrogen-bond acceptors (Lipinski definition) is 5. The topological polar surface area (TPSA) is 93.7 Å². The van der Waals surface area contributed by atoms with Crippen LogP contribution in [0.1, 0.15) is 38.8 Å². The van der Waals surface area contributed by atoms with Crippen molar-refractivity contribution in [2.24, 2.45) is 0 Å². The number of hydrogen-bond donors (Lipinski definition) is 2. The molecule has 0 saturated heterocycles. The molecule has 7 nitrogen and oxygen atoms in total. The maximum atomic E-state index is 13.1. The highest BCUT2D eigenvalue weighted by molar-refractivity contribution is 6.10. The molecule has 0 fully saturated rings. The first-order valence-corrected chi connectivity index (χ1v) is 10.3. The second kappa shape index (κ2) is 9.40. The highest BCUT2D eigenvalue weighted by Crippen LogP contribution is 2.33. The average Bonchev–Trinajstić information content (AvgIpc) is 3.27. The van der Waals surface area contributed by atoms with Crippen molar-refractivity contribution in [1.29, 1.82) is 0 Å². The monoisotopic (exact) mass is 442 g/mol. The number of carbonyl (C=O) groups is 3. The molecule has 7 heteroatoms. The van der Waals surface area contributed by atoms with Gasteiger partial charge in [-0.1, -0.05) is 23.8 Å². The average molecular weight is 442 g/mol. The second-order valence-corrected chi connectivity index (χ2v) is 7.58. The van der Waals surface area contributed by atoms with Crippen molar-refractivity contribution < 1.29 is 23.9 Å². The molecule has 4 rings (SSSR count). The lowest BCUT2D eigenvalue weighted by atomic mass is 10.1. The molecule has 166 valence electrons. The van der Waals surface area contributed by atoms with E-state index < -0.39 is 11.8 Å². The second-order valence-electron chi connectivity index (χ2n) is 7.58. The van der Waals surface area contributed by atoms with E-state index in [4.69, 9.17) is 9.47 Å². The van der Waals surface area contributed by atoms with Crippen LogP contribution in [0.3, 0.4) is 0 Å². The van der Waals surface area contributed by atoms with Crippen LogP contribution in [-0.2, 0) is 4.79 Å². The largest absolute Gasteiger partial charge is 0.454 e. The number of rotatable bonds is 6.